The minimum absolute atomic E-state index is 0.701. The van der Waals surface area contributed by atoms with Gasteiger partial charge in [-0.25, -0.2) is 0 Å². The molecule has 2 heteroatoms. The van der Waals surface area contributed by atoms with E-state index in [2.05, 4.69) is 4.98 Å². The monoisotopic (exact) mass is 233 g/mol. The number of carbonyl (C=O) groups excluding carboxylic acids is 1. The highest BCUT2D eigenvalue weighted by Gasteiger charge is 2.08. The summed E-state index contributed by atoms with van der Waals surface area (Å²) in [4.78, 5) is 15.7. The number of aromatic nitrogens is 1. The van der Waals surface area contributed by atoms with Crippen LogP contribution in [0.2, 0.25) is 0 Å². The van der Waals surface area contributed by atoms with Crippen molar-refractivity contribution in [2.24, 2.45) is 0 Å². The number of rotatable bonds is 2. The molecule has 1 aromatic heterocycles. The third-order valence-corrected chi connectivity index (χ3v) is 3.03. The first-order chi connectivity index (χ1) is 8.90. The minimum Gasteiger partial charge on any atom is -0.298 e. The van der Waals surface area contributed by atoms with Crippen molar-refractivity contribution in [1.82, 2.24) is 4.98 Å². The van der Waals surface area contributed by atoms with E-state index >= 15 is 0 Å². The van der Waals surface area contributed by atoms with Crippen molar-refractivity contribution in [3.05, 3.63) is 66.4 Å². The van der Waals surface area contributed by atoms with E-state index < -0.39 is 0 Å². The zero-order valence-corrected chi connectivity index (χ0v) is 9.71. The molecule has 18 heavy (non-hydrogen) atoms. The van der Waals surface area contributed by atoms with E-state index in [0.29, 0.717) is 5.56 Å². The van der Waals surface area contributed by atoms with Gasteiger partial charge in [0.25, 0.3) is 0 Å². The molecule has 0 amide bonds. The third kappa shape index (κ3) is 1.68. The van der Waals surface area contributed by atoms with Crippen molar-refractivity contribution < 1.29 is 4.79 Å². The lowest BCUT2D eigenvalue weighted by Crippen LogP contribution is -1.91. The summed E-state index contributed by atoms with van der Waals surface area (Å²) in [6.07, 6.45) is 2.64. The van der Waals surface area contributed by atoms with Crippen LogP contribution in [-0.4, -0.2) is 11.3 Å². The Morgan fingerprint density at radius 1 is 0.889 bits per heavy atom. The Balaban J connectivity index is 2.34. The lowest BCUT2D eigenvalue weighted by Gasteiger charge is -2.07. The van der Waals surface area contributed by atoms with Crippen LogP contribution in [0.4, 0.5) is 0 Å². The third-order valence-electron chi connectivity index (χ3n) is 3.03. The molecular weight excluding hydrogens is 222 g/mol. The zero-order chi connectivity index (χ0) is 12.4. The highest BCUT2D eigenvalue weighted by Crippen LogP contribution is 2.27. The second-order valence-electron chi connectivity index (χ2n) is 4.08. The molecule has 0 aliphatic carbocycles. The molecule has 0 aliphatic rings. The van der Waals surface area contributed by atoms with Crippen molar-refractivity contribution in [1.29, 1.82) is 0 Å². The predicted molar refractivity (Wildman–Crippen MR) is 72.6 cm³/mol. The summed E-state index contributed by atoms with van der Waals surface area (Å²) in [5.74, 6) is 0. The Morgan fingerprint density at radius 2 is 1.72 bits per heavy atom. The van der Waals surface area contributed by atoms with Crippen molar-refractivity contribution in [2.75, 3.05) is 0 Å². The largest absolute Gasteiger partial charge is 0.298 e. The molecule has 2 nitrogen and oxygen atoms in total. The first kappa shape index (κ1) is 10.7. The van der Waals surface area contributed by atoms with Gasteiger partial charge in [0.05, 0.1) is 5.69 Å². The summed E-state index contributed by atoms with van der Waals surface area (Å²) in [6, 6.07) is 17.6. The van der Waals surface area contributed by atoms with Crippen LogP contribution in [0.25, 0.3) is 22.0 Å². The SMILES string of the molecule is O=Cc1c(-c2ccccn2)ccc2ccccc12. The zero-order valence-electron chi connectivity index (χ0n) is 9.71. The van der Waals surface area contributed by atoms with E-state index in [4.69, 9.17) is 0 Å². The molecule has 0 bridgehead atoms. The van der Waals surface area contributed by atoms with Gasteiger partial charge >= 0.3 is 0 Å². The maximum atomic E-state index is 11.4. The molecule has 3 aromatic rings. The van der Waals surface area contributed by atoms with Gasteiger partial charge in [-0.2, -0.15) is 0 Å². The number of hydrogen-bond donors (Lipinski definition) is 0. The van der Waals surface area contributed by atoms with Crippen LogP contribution in [0.5, 0.6) is 0 Å². The summed E-state index contributed by atoms with van der Waals surface area (Å²) < 4.78 is 0. The van der Waals surface area contributed by atoms with E-state index in [0.717, 1.165) is 28.3 Å². The van der Waals surface area contributed by atoms with Crippen LogP contribution in [0.3, 0.4) is 0 Å². The first-order valence-electron chi connectivity index (χ1n) is 5.78. The van der Waals surface area contributed by atoms with Gasteiger partial charge in [0.2, 0.25) is 0 Å². The fourth-order valence-corrected chi connectivity index (χ4v) is 2.17. The molecule has 1 heterocycles. The smallest absolute Gasteiger partial charge is 0.151 e. The maximum absolute atomic E-state index is 11.4. The topological polar surface area (TPSA) is 30.0 Å². The number of nitrogens with zero attached hydrogens (tertiary/aromatic N) is 1. The fourth-order valence-electron chi connectivity index (χ4n) is 2.17. The molecule has 3 rings (SSSR count). The molecule has 0 atom stereocenters. The molecule has 0 unspecified atom stereocenters. The van der Waals surface area contributed by atoms with Gasteiger partial charge in [0.1, 0.15) is 0 Å². The second-order valence-corrected chi connectivity index (χ2v) is 4.08. The van der Waals surface area contributed by atoms with Gasteiger partial charge in [-0.3, -0.25) is 9.78 Å². The lowest BCUT2D eigenvalue weighted by molar-refractivity contribution is 0.112. The average Bonchev–Trinajstić information content (AvgIpc) is 2.47. The van der Waals surface area contributed by atoms with Crippen molar-refractivity contribution in [3.8, 4) is 11.3 Å². The van der Waals surface area contributed by atoms with Crippen LogP contribution in [-0.2, 0) is 0 Å². The van der Waals surface area contributed by atoms with E-state index in [1.165, 1.54) is 0 Å². The number of carbonyl (C=O) groups is 1. The van der Waals surface area contributed by atoms with Crippen LogP contribution in [0.1, 0.15) is 10.4 Å². The van der Waals surface area contributed by atoms with Crippen molar-refractivity contribution in [3.63, 3.8) is 0 Å². The van der Waals surface area contributed by atoms with E-state index in [1.54, 1.807) is 6.20 Å². The molecule has 0 radical (unpaired) electrons. The number of hydrogen-bond acceptors (Lipinski definition) is 2. The molecule has 0 fully saturated rings. The lowest BCUT2D eigenvalue weighted by atomic mass is 9.97. The van der Waals surface area contributed by atoms with E-state index in [-0.39, 0.29) is 0 Å². The summed E-state index contributed by atoms with van der Waals surface area (Å²) >= 11 is 0. The molecular formula is C16H11NO. The van der Waals surface area contributed by atoms with Crippen LogP contribution < -0.4 is 0 Å². The normalized spacial score (nSPS) is 10.4. The van der Waals surface area contributed by atoms with E-state index in [1.807, 2.05) is 54.6 Å². The van der Waals surface area contributed by atoms with Crippen LogP contribution in [0, 0.1) is 0 Å². The number of benzene rings is 2. The molecule has 0 aliphatic heterocycles. The Labute approximate surface area is 105 Å². The predicted octanol–water partition coefficient (Wildman–Crippen LogP) is 3.71. The van der Waals surface area contributed by atoms with Crippen molar-refractivity contribution >= 4 is 17.1 Å². The summed E-state index contributed by atoms with van der Waals surface area (Å²) in [5, 5.41) is 2.04. The van der Waals surface area contributed by atoms with Gasteiger partial charge in [0.15, 0.2) is 6.29 Å². The van der Waals surface area contributed by atoms with Gasteiger partial charge in [-0.05, 0) is 22.9 Å². The molecule has 0 N–H and O–H groups in total. The standard InChI is InChI=1S/C16H11NO/c18-11-15-13-6-2-1-5-12(13)8-9-14(15)16-7-3-4-10-17-16/h1-11H. The van der Waals surface area contributed by atoms with Gasteiger partial charge in [0, 0.05) is 17.3 Å². The van der Waals surface area contributed by atoms with Gasteiger partial charge in [-0.15, -0.1) is 0 Å². The van der Waals surface area contributed by atoms with Crippen LogP contribution in [0.15, 0.2) is 60.8 Å². The van der Waals surface area contributed by atoms with Crippen LogP contribution >= 0.6 is 0 Å². The average molecular weight is 233 g/mol. The summed E-state index contributed by atoms with van der Waals surface area (Å²) in [7, 11) is 0. The molecule has 2 aromatic carbocycles. The van der Waals surface area contributed by atoms with Gasteiger partial charge in [-0.1, -0.05) is 42.5 Å². The quantitative estimate of drug-likeness (QED) is 0.631. The van der Waals surface area contributed by atoms with Gasteiger partial charge < -0.3 is 0 Å². The Kier molecular flexibility index (Phi) is 2.61. The summed E-state index contributed by atoms with van der Waals surface area (Å²) in [5.41, 5.74) is 2.40. The maximum Gasteiger partial charge on any atom is 0.151 e. The Hall–Kier alpha value is -2.48. The number of aldehydes is 1. The fraction of sp³-hybridized carbons (Fsp3) is 0. The van der Waals surface area contributed by atoms with E-state index in [9.17, 15) is 4.79 Å². The Bertz CT molecular complexity index is 705. The molecule has 0 spiro atoms. The number of fused-ring (bicyclic) bond motifs is 1. The molecule has 0 saturated heterocycles. The van der Waals surface area contributed by atoms with Crippen molar-refractivity contribution in [2.45, 2.75) is 0 Å². The first-order valence-corrected chi connectivity index (χ1v) is 5.78. The molecule has 86 valence electrons. The molecule has 0 saturated carbocycles. The highest BCUT2D eigenvalue weighted by molar-refractivity contribution is 6.04. The summed E-state index contributed by atoms with van der Waals surface area (Å²) in [6.45, 7) is 0. The number of pyridine rings is 1. The Morgan fingerprint density at radius 3 is 2.50 bits per heavy atom. The second kappa shape index (κ2) is 4.41. The minimum atomic E-state index is 0.701. The highest BCUT2D eigenvalue weighted by atomic mass is 16.1.